The number of amides is 1. The quantitative estimate of drug-likeness (QED) is 0.479. The molecule has 2 aromatic carbocycles. The number of halogens is 1. The molecule has 2 aliphatic rings. The maximum Gasteiger partial charge on any atom is 0.339 e. The second-order valence-electron chi connectivity index (χ2n) is 8.57. The second-order valence-corrected chi connectivity index (χ2v) is 9.01. The topological polar surface area (TPSA) is 59.5 Å². The molecule has 1 aromatic heterocycles. The van der Waals surface area contributed by atoms with Crippen LogP contribution in [0.4, 0.5) is 0 Å². The molecule has 1 amide bonds. The number of allylic oxidation sites excluding steroid dienone is 1. The highest BCUT2D eigenvalue weighted by Crippen LogP contribution is 2.36. The number of rotatable bonds is 4. The molecule has 0 spiro atoms. The first kappa shape index (κ1) is 21.7. The Morgan fingerprint density at radius 1 is 1.00 bits per heavy atom. The number of nitrogens with zero attached hydrogens (tertiary/aromatic N) is 2. The van der Waals surface area contributed by atoms with Gasteiger partial charge in [0.2, 0.25) is 0 Å². The van der Waals surface area contributed by atoms with E-state index in [0.29, 0.717) is 10.6 Å². The van der Waals surface area contributed by atoms with E-state index in [1.807, 2.05) is 48.5 Å². The zero-order valence-electron chi connectivity index (χ0n) is 18.4. The Morgan fingerprint density at radius 3 is 2.55 bits per heavy atom. The van der Waals surface area contributed by atoms with Crippen molar-refractivity contribution in [2.75, 3.05) is 19.7 Å². The highest BCUT2D eigenvalue weighted by Gasteiger charge is 2.27. The van der Waals surface area contributed by atoms with Crippen LogP contribution in [0.25, 0.3) is 22.6 Å². The van der Waals surface area contributed by atoms with Crippen LogP contribution in [0, 0.1) is 0 Å². The number of hydrogen-bond donors (Lipinski definition) is 0. The number of carbonyl (C=O) groups is 2. The molecule has 0 N–H and O–H groups in total. The first-order valence-electron chi connectivity index (χ1n) is 11.4. The molecule has 2 heterocycles. The minimum absolute atomic E-state index is 0.128. The van der Waals surface area contributed by atoms with Crippen molar-refractivity contribution in [2.24, 2.45) is 0 Å². The molecule has 1 aliphatic heterocycles. The zero-order chi connectivity index (χ0) is 22.8. The number of para-hydroxylation sites is 1. The largest absolute Gasteiger partial charge is 0.452 e. The third-order valence-electron chi connectivity index (χ3n) is 6.37. The van der Waals surface area contributed by atoms with Crippen LogP contribution in [-0.4, -0.2) is 41.5 Å². The smallest absolute Gasteiger partial charge is 0.339 e. The first-order chi connectivity index (χ1) is 16.1. The molecule has 0 radical (unpaired) electrons. The van der Waals surface area contributed by atoms with E-state index in [2.05, 4.69) is 6.08 Å². The number of pyridine rings is 1. The summed E-state index contributed by atoms with van der Waals surface area (Å²) in [5, 5.41) is 1.46. The van der Waals surface area contributed by atoms with Gasteiger partial charge in [0, 0.05) is 23.5 Å². The number of carbonyl (C=O) groups excluding carboxylic acids is 2. The van der Waals surface area contributed by atoms with E-state index in [1.165, 1.54) is 0 Å². The van der Waals surface area contributed by atoms with Crippen LogP contribution in [0.2, 0.25) is 5.02 Å². The summed E-state index contributed by atoms with van der Waals surface area (Å²) >= 11 is 6.04. The predicted molar refractivity (Wildman–Crippen MR) is 130 cm³/mol. The molecule has 0 saturated carbocycles. The average Bonchev–Trinajstić information content (AvgIpc) is 3.38. The fourth-order valence-corrected chi connectivity index (χ4v) is 4.85. The summed E-state index contributed by atoms with van der Waals surface area (Å²) in [6.45, 7) is 1.25. The number of hydrogen-bond acceptors (Lipinski definition) is 4. The number of esters is 1. The van der Waals surface area contributed by atoms with Crippen molar-refractivity contribution in [3.63, 3.8) is 0 Å². The number of ether oxygens (including phenoxy) is 1. The minimum Gasteiger partial charge on any atom is -0.452 e. The van der Waals surface area contributed by atoms with E-state index in [0.717, 1.165) is 78.5 Å². The monoisotopic (exact) mass is 460 g/mol. The standard InChI is InChI=1S/C27H25ClN2O3/c28-20-12-10-18(11-13-20)16-19-6-5-8-22-25(21-7-1-2-9-23(21)29-26(19)22)27(32)33-17-24(31)30-14-3-4-15-30/h1-2,7,9-13,16H,3-6,8,14-15,17H2. The number of aromatic nitrogens is 1. The van der Waals surface area contributed by atoms with Crippen molar-refractivity contribution in [3.8, 4) is 0 Å². The van der Waals surface area contributed by atoms with E-state index in [4.69, 9.17) is 21.3 Å². The summed E-state index contributed by atoms with van der Waals surface area (Å²) in [6.07, 6.45) is 6.66. The van der Waals surface area contributed by atoms with Crippen LogP contribution in [0.5, 0.6) is 0 Å². The van der Waals surface area contributed by atoms with E-state index in [-0.39, 0.29) is 12.5 Å². The Balaban J connectivity index is 1.52. The molecule has 0 unspecified atom stereocenters. The molecule has 0 atom stereocenters. The Bertz CT molecular complexity index is 1240. The molecular weight excluding hydrogens is 436 g/mol. The van der Waals surface area contributed by atoms with E-state index in [9.17, 15) is 9.59 Å². The Labute approximate surface area is 198 Å². The normalized spacial score (nSPS) is 16.8. The Hall–Kier alpha value is -3.18. The van der Waals surface area contributed by atoms with Crippen molar-refractivity contribution >= 4 is 46.0 Å². The summed E-state index contributed by atoms with van der Waals surface area (Å²) in [6, 6.07) is 15.3. The average molecular weight is 461 g/mol. The SMILES string of the molecule is O=C(OCC(=O)N1CCCC1)c1c2c(nc3ccccc13)C(=Cc1ccc(Cl)cc1)CCC2. The van der Waals surface area contributed by atoms with Crippen LogP contribution in [0.1, 0.15) is 52.9 Å². The fraction of sp³-hybridized carbons (Fsp3) is 0.296. The van der Waals surface area contributed by atoms with Crippen LogP contribution in [0.15, 0.2) is 48.5 Å². The lowest BCUT2D eigenvalue weighted by Gasteiger charge is -2.23. The Kier molecular flexibility index (Phi) is 6.14. The summed E-state index contributed by atoms with van der Waals surface area (Å²) < 4.78 is 5.55. The zero-order valence-corrected chi connectivity index (χ0v) is 19.1. The molecule has 6 heteroatoms. The highest BCUT2D eigenvalue weighted by molar-refractivity contribution is 6.30. The lowest BCUT2D eigenvalue weighted by molar-refractivity contribution is -0.133. The number of likely N-dealkylation sites (tertiary alicyclic amines) is 1. The predicted octanol–water partition coefficient (Wildman–Crippen LogP) is 5.54. The van der Waals surface area contributed by atoms with Crippen LogP contribution >= 0.6 is 11.6 Å². The van der Waals surface area contributed by atoms with Gasteiger partial charge in [-0.25, -0.2) is 9.78 Å². The van der Waals surface area contributed by atoms with Gasteiger partial charge in [-0.3, -0.25) is 4.79 Å². The van der Waals surface area contributed by atoms with Gasteiger partial charge >= 0.3 is 5.97 Å². The van der Waals surface area contributed by atoms with Crippen molar-refractivity contribution in [2.45, 2.75) is 32.1 Å². The van der Waals surface area contributed by atoms with Gasteiger partial charge in [-0.2, -0.15) is 0 Å². The van der Waals surface area contributed by atoms with Crippen LogP contribution in [-0.2, 0) is 16.0 Å². The highest BCUT2D eigenvalue weighted by atomic mass is 35.5. The van der Waals surface area contributed by atoms with Crippen molar-refractivity contribution in [1.29, 1.82) is 0 Å². The number of benzene rings is 2. The third-order valence-corrected chi connectivity index (χ3v) is 6.62. The first-order valence-corrected chi connectivity index (χ1v) is 11.8. The molecule has 1 saturated heterocycles. The Morgan fingerprint density at radius 2 is 1.76 bits per heavy atom. The molecule has 3 aromatic rings. The minimum atomic E-state index is -0.454. The van der Waals surface area contributed by atoms with Gasteiger partial charge in [0.05, 0.1) is 16.8 Å². The van der Waals surface area contributed by atoms with Crippen molar-refractivity contribution in [1.82, 2.24) is 9.88 Å². The fourth-order valence-electron chi connectivity index (χ4n) is 4.73. The molecule has 5 rings (SSSR count). The lowest BCUT2D eigenvalue weighted by atomic mass is 9.86. The molecule has 0 bridgehead atoms. The van der Waals surface area contributed by atoms with Crippen LogP contribution in [0.3, 0.4) is 0 Å². The summed E-state index contributed by atoms with van der Waals surface area (Å²) in [4.78, 5) is 32.4. The maximum absolute atomic E-state index is 13.3. The second kappa shape index (κ2) is 9.36. The molecular formula is C27H25ClN2O3. The van der Waals surface area contributed by atoms with Gasteiger partial charge in [-0.15, -0.1) is 0 Å². The van der Waals surface area contributed by atoms with Gasteiger partial charge in [0.15, 0.2) is 6.61 Å². The summed E-state index contributed by atoms with van der Waals surface area (Å²) in [7, 11) is 0. The van der Waals surface area contributed by atoms with Gasteiger partial charge < -0.3 is 9.64 Å². The van der Waals surface area contributed by atoms with E-state index in [1.54, 1.807) is 4.90 Å². The third kappa shape index (κ3) is 4.51. The summed E-state index contributed by atoms with van der Waals surface area (Å²) in [5.41, 5.74) is 5.15. The van der Waals surface area contributed by atoms with Gasteiger partial charge in [-0.1, -0.05) is 41.9 Å². The van der Waals surface area contributed by atoms with E-state index < -0.39 is 5.97 Å². The van der Waals surface area contributed by atoms with Gasteiger partial charge in [-0.05, 0) is 73.1 Å². The molecule has 1 fully saturated rings. The van der Waals surface area contributed by atoms with Crippen molar-refractivity contribution in [3.05, 3.63) is 75.9 Å². The summed E-state index contributed by atoms with van der Waals surface area (Å²) in [5.74, 6) is -0.582. The van der Waals surface area contributed by atoms with Gasteiger partial charge in [0.1, 0.15) is 0 Å². The maximum atomic E-state index is 13.3. The van der Waals surface area contributed by atoms with Crippen LogP contribution < -0.4 is 0 Å². The molecule has 33 heavy (non-hydrogen) atoms. The van der Waals surface area contributed by atoms with Gasteiger partial charge in [0.25, 0.3) is 5.91 Å². The lowest BCUT2D eigenvalue weighted by Crippen LogP contribution is -2.32. The molecule has 5 nitrogen and oxygen atoms in total. The van der Waals surface area contributed by atoms with Crippen molar-refractivity contribution < 1.29 is 14.3 Å². The molecule has 1 aliphatic carbocycles. The molecule has 168 valence electrons. The van der Waals surface area contributed by atoms with E-state index >= 15 is 0 Å². The number of fused-ring (bicyclic) bond motifs is 2.